The number of hydrogen-bond donors (Lipinski definition) is 2. The molecule has 0 amide bonds. The van der Waals surface area contributed by atoms with Crippen LogP contribution in [0.5, 0.6) is 0 Å². The lowest BCUT2D eigenvalue weighted by Crippen LogP contribution is -2.26. The Bertz CT molecular complexity index is 729. The Hall–Kier alpha value is -2.04. The maximum absolute atomic E-state index is 12.3. The fourth-order valence-corrected chi connectivity index (χ4v) is 3.48. The number of nitrogens with one attached hydrogen (secondary N) is 1. The molecule has 2 atom stereocenters. The van der Waals surface area contributed by atoms with Gasteiger partial charge >= 0.3 is 11.7 Å². The van der Waals surface area contributed by atoms with E-state index in [0.717, 1.165) is 25.7 Å². The van der Waals surface area contributed by atoms with Crippen molar-refractivity contribution in [1.82, 2.24) is 9.55 Å². The summed E-state index contributed by atoms with van der Waals surface area (Å²) in [4.78, 5) is 26.3. The summed E-state index contributed by atoms with van der Waals surface area (Å²) < 4.78 is 1.77. The third-order valence-corrected chi connectivity index (χ3v) is 4.66. The van der Waals surface area contributed by atoms with Gasteiger partial charge < -0.3 is 10.1 Å². The quantitative estimate of drug-likeness (QED) is 0.911. The van der Waals surface area contributed by atoms with Crippen LogP contribution in [0.3, 0.4) is 0 Å². The predicted molar refractivity (Wildman–Crippen MR) is 80.8 cm³/mol. The normalized spacial score (nSPS) is 22.5. The molecule has 5 nitrogen and oxygen atoms in total. The van der Waals surface area contributed by atoms with Crippen molar-refractivity contribution < 1.29 is 9.90 Å². The number of carboxylic acid groups (broad SMARTS) is 1. The Morgan fingerprint density at radius 3 is 2.95 bits per heavy atom. The van der Waals surface area contributed by atoms with E-state index in [1.807, 2.05) is 0 Å². The van der Waals surface area contributed by atoms with Crippen molar-refractivity contribution >= 4 is 17.0 Å². The summed E-state index contributed by atoms with van der Waals surface area (Å²) in [6.07, 6.45) is 5.47. The van der Waals surface area contributed by atoms with Crippen molar-refractivity contribution in [1.29, 1.82) is 0 Å². The highest BCUT2D eigenvalue weighted by Crippen LogP contribution is 2.34. The molecule has 1 heterocycles. The third-order valence-electron chi connectivity index (χ3n) is 4.66. The Morgan fingerprint density at radius 2 is 2.24 bits per heavy atom. The minimum absolute atomic E-state index is 0.130. The predicted octanol–water partition coefficient (Wildman–Crippen LogP) is 3.17. The van der Waals surface area contributed by atoms with E-state index in [2.05, 4.69) is 11.9 Å². The fraction of sp³-hybridized carbons (Fsp3) is 0.500. The first-order valence-electron chi connectivity index (χ1n) is 7.57. The van der Waals surface area contributed by atoms with E-state index in [1.165, 1.54) is 12.5 Å². The lowest BCUT2D eigenvalue weighted by Gasteiger charge is -2.29. The third kappa shape index (κ3) is 2.48. The molecule has 112 valence electrons. The Balaban J connectivity index is 2.08. The lowest BCUT2D eigenvalue weighted by atomic mass is 9.84. The number of hydrogen-bond acceptors (Lipinski definition) is 2. The standard InChI is InChI=1S/C16H20N2O3/c1-2-10-4-3-5-12(8-10)18-14-9-11(15(19)20)6-7-13(14)17-16(18)21/h6-7,9-10,12H,2-5,8H2,1H3,(H,17,21)(H,19,20). The molecule has 5 heteroatoms. The molecule has 0 saturated heterocycles. The first kappa shape index (κ1) is 13.9. The van der Waals surface area contributed by atoms with Gasteiger partial charge in [-0.3, -0.25) is 4.57 Å². The number of aromatic carboxylic acids is 1. The zero-order chi connectivity index (χ0) is 15.0. The molecule has 0 aliphatic heterocycles. The van der Waals surface area contributed by atoms with Gasteiger partial charge in [0.2, 0.25) is 0 Å². The van der Waals surface area contributed by atoms with Crippen LogP contribution in [-0.2, 0) is 0 Å². The minimum Gasteiger partial charge on any atom is -0.478 e. The van der Waals surface area contributed by atoms with Gasteiger partial charge in [0, 0.05) is 6.04 Å². The van der Waals surface area contributed by atoms with Crippen LogP contribution in [0.4, 0.5) is 0 Å². The summed E-state index contributed by atoms with van der Waals surface area (Å²) in [5, 5.41) is 9.13. The van der Waals surface area contributed by atoms with Crippen LogP contribution >= 0.6 is 0 Å². The van der Waals surface area contributed by atoms with Gasteiger partial charge in [0.15, 0.2) is 0 Å². The summed E-state index contributed by atoms with van der Waals surface area (Å²) in [7, 11) is 0. The van der Waals surface area contributed by atoms with Gasteiger partial charge in [-0.15, -0.1) is 0 Å². The van der Waals surface area contributed by atoms with Gasteiger partial charge in [0.1, 0.15) is 0 Å². The van der Waals surface area contributed by atoms with Gasteiger partial charge in [-0.05, 0) is 37.0 Å². The maximum atomic E-state index is 12.3. The number of imidazole rings is 1. The van der Waals surface area contributed by atoms with Crippen LogP contribution in [0.1, 0.15) is 55.4 Å². The summed E-state index contributed by atoms with van der Waals surface area (Å²) in [6, 6.07) is 4.98. The van der Waals surface area contributed by atoms with E-state index in [-0.39, 0.29) is 17.3 Å². The molecule has 2 N–H and O–H groups in total. The van der Waals surface area contributed by atoms with Crippen LogP contribution in [0.2, 0.25) is 0 Å². The second kappa shape index (κ2) is 5.39. The zero-order valence-corrected chi connectivity index (χ0v) is 12.1. The van der Waals surface area contributed by atoms with Gasteiger partial charge in [-0.2, -0.15) is 0 Å². The van der Waals surface area contributed by atoms with E-state index in [0.29, 0.717) is 17.0 Å². The van der Waals surface area contributed by atoms with Crippen molar-refractivity contribution in [2.75, 3.05) is 0 Å². The number of nitrogens with zero attached hydrogens (tertiary/aromatic N) is 1. The number of H-pyrrole nitrogens is 1. The van der Waals surface area contributed by atoms with Crippen LogP contribution in [-0.4, -0.2) is 20.6 Å². The average Bonchev–Trinajstić information content (AvgIpc) is 2.82. The Labute approximate surface area is 122 Å². The molecule has 0 spiro atoms. The first-order chi connectivity index (χ1) is 10.1. The number of rotatable bonds is 3. The molecule has 1 saturated carbocycles. The molecule has 2 unspecified atom stereocenters. The average molecular weight is 288 g/mol. The lowest BCUT2D eigenvalue weighted by molar-refractivity contribution is 0.0697. The number of carboxylic acids is 1. The first-order valence-corrected chi connectivity index (χ1v) is 7.57. The minimum atomic E-state index is -0.966. The van der Waals surface area contributed by atoms with Crippen molar-refractivity contribution in [3.05, 3.63) is 34.2 Å². The molecule has 0 bridgehead atoms. The summed E-state index contributed by atoms with van der Waals surface area (Å²) >= 11 is 0. The van der Waals surface area contributed by atoms with Crippen molar-refractivity contribution in [2.24, 2.45) is 5.92 Å². The SMILES string of the molecule is CCC1CCCC(n2c(=O)[nH]c3ccc(C(=O)O)cc32)C1. The largest absolute Gasteiger partial charge is 0.478 e. The zero-order valence-electron chi connectivity index (χ0n) is 12.1. The second-order valence-corrected chi connectivity index (χ2v) is 5.93. The Morgan fingerprint density at radius 1 is 1.43 bits per heavy atom. The molecular weight excluding hydrogens is 268 g/mol. The molecule has 1 aliphatic rings. The highest BCUT2D eigenvalue weighted by Gasteiger charge is 2.25. The van der Waals surface area contributed by atoms with Crippen molar-refractivity contribution in [3.8, 4) is 0 Å². The molecular formula is C16H20N2O3. The summed E-state index contributed by atoms with van der Waals surface area (Å²) in [5.74, 6) is -0.310. The van der Waals surface area contributed by atoms with Gasteiger partial charge in [-0.1, -0.05) is 26.2 Å². The maximum Gasteiger partial charge on any atom is 0.335 e. The van der Waals surface area contributed by atoms with Crippen LogP contribution in [0, 0.1) is 5.92 Å². The van der Waals surface area contributed by atoms with Crippen LogP contribution < -0.4 is 5.69 Å². The second-order valence-electron chi connectivity index (χ2n) is 5.93. The van der Waals surface area contributed by atoms with Crippen molar-refractivity contribution in [2.45, 2.75) is 45.1 Å². The number of fused-ring (bicyclic) bond motifs is 1. The fourth-order valence-electron chi connectivity index (χ4n) is 3.48. The van der Waals surface area contributed by atoms with Gasteiger partial charge in [-0.25, -0.2) is 9.59 Å². The van der Waals surface area contributed by atoms with Crippen LogP contribution in [0.15, 0.2) is 23.0 Å². The monoisotopic (exact) mass is 288 g/mol. The molecule has 1 aliphatic carbocycles. The molecule has 1 aromatic carbocycles. The topological polar surface area (TPSA) is 75.1 Å². The molecule has 1 fully saturated rings. The van der Waals surface area contributed by atoms with Crippen LogP contribution in [0.25, 0.3) is 11.0 Å². The number of carbonyl (C=O) groups is 1. The van der Waals surface area contributed by atoms with E-state index >= 15 is 0 Å². The highest BCUT2D eigenvalue weighted by molar-refractivity contribution is 5.92. The smallest absolute Gasteiger partial charge is 0.335 e. The van der Waals surface area contributed by atoms with E-state index < -0.39 is 5.97 Å². The molecule has 2 aromatic rings. The highest BCUT2D eigenvalue weighted by atomic mass is 16.4. The number of benzene rings is 1. The van der Waals surface area contributed by atoms with E-state index in [9.17, 15) is 9.59 Å². The van der Waals surface area contributed by atoms with Crippen molar-refractivity contribution in [3.63, 3.8) is 0 Å². The number of aromatic amines is 1. The van der Waals surface area contributed by atoms with E-state index in [1.54, 1.807) is 16.7 Å². The molecule has 21 heavy (non-hydrogen) atoms. The number of aromatic nitrogens is 2. The van der Waals surface area contributed by atoms with Gasteiger partial charge in [0.05, 0.1) is 16.6 Å². The van der Waals surface area contributed by atoms with Gasteiger partial charge in [0.25, 0.3) is 0 Å². The molecule has 1 aromatic heterocycles. The summed E-state index contributed by atoms with van der Waals surface area (Å²) in [6.45, 7) is 2.19. The summed E-state index contributed by atoms with van der Waals surface area (Å²) in [5.41, 5.74) is 1.51. The molecule has 0 radical (unpaired) electrons. The Kier molecular flexibility index (Phi) is 3.57. The van der Waals surface area contributed by atoms with E-state index in [4.69, 9.17) is 5.11 Å². The molecule has 3 rings (SSSR count).